The van der Waals surface area contributed by atoms with E-state index in [1.54, 1.807) is 0 Å². The minimum Gasteiger partial charge on any atom is -0.377 e. The number of fused-ring (bicyclic) bond motifs is 1. The number of benzene rings is 2. The molecule has 2 atom stereocenters. The van der Waals surface area contributed by atoms with Crippen molar-refractivity contribution in [3.63, 3.8) is 0 Å². The molecule has 2 unspecified atom stereocenters. The molecule has 1 fully saturated rings. The number of hydrogen-bond donors (Lipinski definition) is 1. The topological polar surface area (TPSA) is 38.5 Å². The molecule has 0 bridgehead atoms. The zero-order valence-electron chi connectivity index (χ0n) is 12.7. The summed E-state index contributed by atoms with van der Waals surface area (Å²) in [6.45, 7) is 5.65. The second kappa shape index (κ2) is 6.56. The molecular weight excluding hydrogens is 260 g/mol. The highest BCUT2D eigenvalue weighted by molar-refractivity contribution is 5.83. The fourth-order valence-corrected chi connectivity index (χ4v) is 3.22. The highest BCUT2D eigenvalue weighted by Crippen LogP contribution is 2.25. The van der Waals surface area contributed by atoms with Gasteiger partial charge >= 0.3 is 0 Å². The van der Waals surface area contributed by atoms with Crippen LogP contribution in [0.2, 0.25) is 0 Å². The van der Waals surface area contributed by atoms with E-state index in [9.17, 15) is 0 Å². The first-order valence-corrected chi connectivity index (χ1v) is 7.82. The summed E-state index contributed by atoms with van der Waals surface area (Å²) >= 11 is 0. The van der Waals surface area contributed by atoms with E-state index in [0.29, 0.717) is 6.54 Å². The van der Waals surface area contributed by atoms with Gasteiger partial charge in [0.1, 0.15) is 0 Å². The van der Waals surface area contributed by atoms with Gasteiger partial charge in [-0.05, 0) is 35.7 Å². The Hall–Kier alpha value is -1.42. The zero-order chi connectivity index (χ0) is 14.7. The minimum atomic E-state index is 0.277. The molecule has 2 aromatic rings. The molecule has 2 N–H and O–H groups in total. The first-order chi connectivity index (χ1) is 10.3. The van der Waals surface area contributed by atoms with Gasteiger partial charge in [-0.1, -0.05) is 36.4 Å². The molecule has 0 amide bonds. The van der Waals surface area contributed by atoms with Crippen molar-refractivity contribution in [1.29, 1.82) is 0 Å². The molecular formula is C18H24N2O. The number of nitrogens with two attached hydrogens (primary N) is 1. The zero-order valence-corrected chi connectivity index (χ0v) is 12.7. The maximum Gasteiger partial charge on any atom is 0.0674 e. The predicted molar refractivity (Wildman–Crippen MR) is 87.3 cm³/mol. The molecule has 0 radical (unpaired) electrons. The van der Waals surface area contributed by atoms with Gasteiger partial charge in [-0.25, -0.2) is 0 Å². The summed E-state index contributed by atoms with van der Waals surface area (Å²) in [5, 5.41) is 2.57. The van der Waals surface area contributed by atoms with Gasteiger partial charge < -0.3 is 10.5 Å². The van der Waals surface area contributed by atoms with E-state index in [4.69, 9.17) is 10.5 Å². The fourth-order valence-electron chi connectivity index (χ4n) is 3.22. The molecule has 0 aromatic heterocycles. The van der Waals surface area contributed by atoms with E-state index in [-0.39, 0.29) is 12.1 Å². The van der Waals surface area contributed by atoms with E-state index < -0.39 is 0 Å². The normalized spacial score (nSPS) is 22.1. The molecule has 0 saturated carbocycles. The molecule has 3 heteroatoms. The Morgan fingerprint density at radius 1 is 1.24 bits per heavy atom. The number of ether oxygens (including phenoxy) is 1. The third-order valence-electron chi connectivity index (χ3n) is 4.31. The van der Waals surface area contributed by atoms with Gasteiger partial charge in [-0.15, -0.1) is 0 Å². The van der Waals surface area contributed by atoms with Gasteiger partial charge in [0, 0.05) is 32.3 Å². The van der Waals surface area contributed by atoms with E-state index in [1.807, 2.05) is 0 Å². The lowest BCUT2D eigenvalue weighted by molar-refractivity contribution is 0.0612. The molecule has 2 aromatic carbocycles. The summed E-state index contributed by atoms with van der Waals surface area (Å²) in [6, 6.07) is 15.5. The third kappa shape index (κ3) is 3.26. The Kier molecular flexibility index (Phi) is 4.54. The third-order valence-corrected chi connectivity index (χ3v) is 4.31. The van der Waals surface area contributed by atoms with Crippen molar-refractivity contribution < 1.29 is 4.74 Å². The van der Waals surface area contributed by atoms with Crippen molar-refractivity contribution in [3.8, 4) is 0 Å². The van der Waals surface area contributed by atoms with Crippen LogP contribution >= 0.6 is 0 Å². The summed E-state index contributed by atoms with van der Waals surface area (Å²) < 4.78 is 5.75. The highest BCUT2D eigenvalue weighted by atomic mass is 16.5. The van der Waals surface area contributed by atoms with Crippen LogP contribution < -0.4 is 5.73 Å². The van der Waals surface area contributed by atoms with Crippen molar-refractivity contribution in [3.05, 3.63) is 48.0 Å². The van der Waals surface area contributed by atoms with Gasteiger partial charge in [0.05, 0.1) is 6.10 Å². The van der Waals surface area contributed by atoms with Crippen LogP contribution in [0.15, 0.2) is 42.5 Å². The van der Waals surface area contributed by atoms with Crippen LogP contribution in [-0.4, -0.2) is 37.2 Å². The number of nitrogens with zero attached hydrogens (tertiary/aromatic N) is 1. The monoisotopic (exact) mass is 284 g/mol. The Balaban J connectivity index is 1.89. The average molecular weight is 284 g/mol. The maximum atomic E-state index is 6.09. The summed E-state index contributed by atoms with van der Waals surface area (Å²) in [6.07, 6.45) is 1.36. The van der Waals surface area contributed by atoms with Crippen molar-refractivity contribution in [2.75, 3.05) is 26.2 Å². The van der Waals surface area contributed by atoms with E-state index in [1.165, 1.54) is 16.3 Å². The summed E-state index contributed by atoms with van der Waals surface area (Å²) in [7, 11) is 0. The minimum absolute atomic E-state index is 0.277. The average Bonchev–Trinajstić information content (AvgIpc) is 2.72. The first-order valence-electron chi connectivity index (χ1n) is 7.82. The maximum absolute atomic E-state index is 6.09. The lowest BCUT2D eigenvalue weighted by Crippen LogP contribution is -2.37. The molecule has 112 valence electrons. The van der Waals surface area contributed by atoms with Crippen LogP contribution in [0.3, 0.4) is 0 Å². The molecule has 1 aliphatic heterocycles. The van der Waals surface area contributed by atoms with E-state index in [2.05, 4.69) is 54.3 Å². The largest absolute Gasteiger partial charge is 0.377 e. The number of hydrogen-bond acceptors (Lipinski definition) is 3. The molecule has 0 spiro atoms. The van der Waals surface area contributed by atoms with Crippen molar-refractivity contribution in [2.45, 2.75) is 25.5 Å². The molecule has 0 aliphatic carbocycles. The molecule has 21 heavy (non-hydrogen) atoms. The van der Waals surface area contributed by atoms with Gasteiger partial charge in [0.2, 0.25) is 0 Å². The van der Waals surface area contributed by atoms with Gasteiger partial charge in [0.15, 0.2) is 0 Å². The summed E-state index contributed by atoms with van der Waals surface area (Å²) in [5.74, 6) is 0. The van der Waals surface area contributed by atoms with Gasteiger partial charge in [-0.2, -0.15) is 0 Å². The SMILES string of the molecule is CC1CN(C(CN)c2ccc3ccccc3c2)CCCO1. The van der Waals surface area contributed by atoms with Crippen molar-refractivity contribution in [1.82, 2.24) is 4.90 Å². The van der Waals surface area contributed by atoms with Gasteiger partial charge in [-0.3, -0.25) is 4.90 Å². The van der Waals surface area contributed by atoms with E-state index >= 15 is 0 Å². The molecule has 3 rings (SSSR count). The lowest BCUT2D eigenvalue weighted by Gasteiger charge is -2.31. The van der Waals surface area contributed by atoms with Crippen LogP contribution in [0.5, 0.6) is 0 Å². The van der Waals surface area contributed by atoms with E-state index in [0.717, 1.165) is 26.1 Å². The first kappa shape index (κ1) is 14.5. The smallest absolute Gasteiger partial charge is 0.0674 e. The summed E-state index contributed by atoms with van der Waals surface area (Å²) in [5.41, 5.74) is 7.40. The van der Waals surface area contributed by atoms with Gasteiger partial charge in [0.25, 0.3) is 0 Å². The summed E-state index contributed by atoms with van der Waals surface area (Å²) in [4.78, 5) is 2.47. The van der Waals surface area contributed by atoms with Crippen LogP contribution in [-0.2, 0) is 4.74 Å². The Labute approximate surface area is 126 Å². The fraction of sp³-hybridized carbons (Fsp3) is 0.444. The standard InChI is InChI=1S/C18H24N2O/c1-14-13-20(9-4-10-21-14)18(12-19)17-8-7-15-5-2-3-6-16(15)11-17/h2-3,5-8,11,14,18H,4,9-10,12-13,19H2,1H3. The number of rotatable bonds is 3. The molecule has 1 aliphatic rings. The predicted octanol–water partition coefficient (Wildman–Crippen LogP) is 2.95. The Morgan fingerprint density at radius 2 is 2.05 bits per heavy atom. The highest BCUT2D eigenvalue weighted by Gasteiger charge is 2.23. The Bertz CT molecular complexity index is 599. The molecule has 1 saturated heterocycles. The second-order valence-corrected chi connectivity index (χ2v) is 5.89. The quantitative estimate of drug-likeness (QED) is 0.942. The Morgan fingerprint density at radius 3 is 2.86 bits per heavy atom. The van der Waals surface area contributed by atoms with Crippen LogP contribution in [0.25, 0.3) is 10.8 Å². The second-order valence-electron chi connectivity index (χ2n) is 5.89. The van der Waals surface area contributed by atoms with Crippen LogP contribution in [0.1, 0.15) is 24.9 Å². The van der Waals surface area contributed by atoms with Crippen LogP contribution in [0, 0.1) is 0 Å². The molecule has 3 nitrogen and oxygen atoms in total. The lowest BCUT2D eigenvalue weighted by atomic mass is 10.0. The van der Waals surface area contributed by atoms with Crippen molar-refractivity contribution in [2.24, 2.45) is 5.73 Å². The molecule has 1 heterocycles. The van der Waals surface area contributed by atoms with Crippen molar-refractivity contribution >= 4 is 10.8 Å². The van der Waals surface area contributed by atoms with Crippen LogP contribution in [0.4, 0.5) is 0 Å².